The lowest BCUT2D eigenvalue weighted by Crippen LogP contribution is -2.38. The molecule has 9 nitrogen and oxygen atoms in total. The Bertz CT molecular complexity index is 1630. The Hall–Kier alpha value is -3.49. The van der Waals surface area contributed by atoms with Gasteiger partial charge in [0.2, 0.25) is 10.0 Å². The molecule has 1 aliphatic carbocycles. The van der Waals surface area contributed by atoms with Crippen molar-refractivity contribution in [3.8, 4) is 11.1 Å². The Labute approximate surface area is 259 Å². The monoisotopic (exact) mass is 654 g/mol. The molecule has 45 heavy (non-hydrogen) atoms. The molecule has 5 rings (SSSR count). The van der Waals surface area contributed by atoms with Crippen LogP contribution in [0.3, 0.4) is 0 Å². The molecular weight excluding hydrogens is 616 g/mol. The second-order valence-electron chi connectivity index (χ2n) is 11.6. The molecule has 2 aromatic carbocycles. The van der Waals surface area contributed by atoms with Crippen LogP contribution in [0.2, 0.25) is 0 Å². The van der Waals surface area contributed by atoms with E-state index in [1.165, 1.54) is 31.7 Å². The number of nitrogens with two attached hydrogens (primary N) is 1. The van der Waals surface area contributed by atoms with E-state index in [0.717, 1.165) is 28.6 Å². The van der Waals surface area contributed by atoms with Crippen molar-refractivity contribution in [3.63, 3.8) is 0 Å². The number of carbonyl (C=O) groups excluding carboxylic acids is 1. The van der Waals surface area contributed by atoms with Gasteiger partial charge in [-0.1, -0.05) is 12.8 Å². The molecule has 246 valence electrons. The Morgan fingerprint density at radius 1 is 1.04 bits per heavy atom. The predicted molar refractivity (Wildman–Crippen MR) is 163 cm³/mol. The highest BCUT2D eigenvalue weighted by Gasteiger charge is 2.38. The third kappa shape index (κ3) is 8.61. The van der Waals surface area contributed by atoms with Gasteiger partial charge in [0.25, 0.3) is 5.91 Å². The second-order valence-corrected chi connectivity index (χ2v) is 13.8. The summed E-state index contributed by atoms with van der Waals surface area (Å²) in [5.74, 6) is -2.69. The number of piperidine rings is 1. The second kappa shape index (κ2) is 14.3. The average Bonchev–Trinajstić information content (AvgIpc) is 3.66. The van der Waals surface area contributed by atoms with E-state index in [0.29, 0.717) is 55.0 Å². The smallest absolute Gasteiger partial charge is 0.475 e. The molecule has 1 amide bonds. The summed E-state index contributed by atoms with van der Waals surface area (Å²) in [6, 6.07) is 8.74. The lowest BCUT2D eigenvalue weighted by molar-refractivity contribution is -0.192. The van der Waals surface area contributed by atoms with Crippen molar-refractivity contribution in [2.75, 3.05) is 25.4 Å². The van der Waals surface area contributed by atoms with E-state index in [4.69, 9.17) is 15.6 Å². The lowest BCUT2D eigenvalue weighted by Gasteiger charge is -2.31. The number of benzene rings is 2. The van der Waals surface area contributed by atoms with Crippen LogP contribution in [0.5, 0.6) is 0 Å². The molecule has 0 atom stereocenters. The van der Waals surface area contributed by atoms with Crippen LogP contribution in [-0.2, 0) is 21.4 Å². The van der Waals surface area contributed by atoms with Gasteiger partial charge in [0, 0.05) is 31.2 Å². The minimum atomic E-state index is -5.08. The molecule has 2 fully saturated rings. The molecule has 0 radical (unpaired) electrons. The van der Waals surface area contributed by atoms with Crippen molar-refractivity contribution >= 4 is 32.8 Å². The van der Waals surface area contributed by atoms with E-state index in [1.54, 1.807) is 23.4 Å². The number of rotatable bonds is 9. The molecule has 3 aromatic rings. The number of alkyl halides is 3. The fourth-order valence-corrected chi connectivity index (χ4v) is 7.27. The number of carboxylic acids is 1. The van der Waals surface area contributed by atoms with Crippen LogP contribution in [0.1, 0.15) is 72.9 Å². The maximum Gasteiger partial charge on any atom is 0.490 e. The Kier molecular flexibility index (Phi) is 10.9. The van der Waals surface area contributed by atoms with Crippen molar-refractivity contribution in [1.29, 1.82) is 0 Å². The van der Waals surface area contributed by atoms with Crippen LogP contribution in [-0.4, -0.2) is 66.3 Å². The first kappa shape index (κ1) is 34.4. The van der Waals surface area contributed by atoms with Gasteiger partial charge in [0.1, 0.15) is 5.82 Å². The van der Waals surface area contributed by atoms with Crippen molar-refractivity contribution in [3.05, 3.63) is 59.0 Å². The molecule has 0 unspecified atom stereocenters. The summed E-state index contributed by atoms with van der Waals surface area (Å²) in [6.45, 7) is 4.13. The number of nitrogens with one attached hydrogen (secondary N) is 2. The summed E-state index contributed by atoms with van der Waals surface area (Å²) in [5, 5.41) is 11.5. The van der Waals surface area contributed by atoms with Crippen molar-refractivity contribution in [2.45, 2.75) is 64.1 Å². The van der Waals surface area contributed by atoms with Gasteiger partial charge in [0.05, 0.1) is 16.8 Å². The average molecular weight is 655 g/mol. The molecule has 1 saturated heterocycles. The summed E-state index contributed by atoms with van der Waals surface area (Å²) in [6.07, 6.45) is 3.30. The van der Waals surface area contributed by atoms with E-state index < -0.39 is 28.1 Å². The number of sulfonamides is 1. The quantitative estimate of drug-likeness (QED) is 0.224. The van der Waals surface area contributed by atoms with Gasteiger partial charge in [-0.3, -0.25) is 4.79 Å². The fourth-order valence-electron chi connectivity index (χ4n) is 6.13. The standard InChI is InChI=1S/C29H37FN4O3S.C2HF3O2/c1-2-38(36,37)34-9-7-21(8-10-34)27-18-33-28-25(27)14-23(15-26(28)29(31)35)22-11-20(12-24(30)13-22)17-32-16-19-5-3-4-6-19;3-2(4,5)1(6)7/h11-15,18-19,21,32-33H,2-10,16-17H2,1H3,(H2,31,35);(H,6,7). The number of halogens is 4. The van der Waals surface area contributed by atoms with Crippen LogP contribution in [0.15, 0.2) is 36.5 Å². The summed E-state index contributed by atoms with van der Waals surface area (Å²) < 4.78 is 72.6. The fraction of sp³-hybridized carbons (Fsp3) is 0.484. The van der Waals surface area contributed by atoms with Gasteiger partial charge in [0.15, 0.2) is 0 Å². The largest absolute Gasteiger partial charge is 0.490 e. The van der Waals surface area contributed by atoms with Gasteiger partial charge < -0.3 is 21.1 Å². The first-order chi connectivity index (χ1) is 21.2. The van der Waals surface area contributed by atoms with Gasteiger partial charge in [-0.05, 0) is 104 Å². The SMILES string of the molecule is CCS(=O)(=O)N1CCC(c2c[nH]c3c(C(N)=O)cc(-c4cc(F)cc(CNCC5CCCC5)c4)cc23)CC1.O=C(O)C(F)(F)F. The molecule has 2 aliphatic rings. The van der Waals surface area contributed by atoms with E-state index in [9.17, 15) is 30.8 Å². The number of hydrogen-bond acceptors (Lipinski definition) is 5. The third-order valence-corrected chi connectivity index (χ3v) is 10.4. The third-order valence-electron chi connectivity index (χ3n) is 8.51. The summed E-state index contributed by atoms with van der Waals surface area (Å²) >= 11 is 0. The number of hydrogen-bond donors (Lipinski definition) is 4. The zero-order valence-electron chi connectivity index (χ0n) is 24.9. The van der Waals surface area contributed by atoms with Gasteiger partial charge >= 0.3 is 12.1 Å². The number of fused-ring (bicyclic) bond motifs is 1. The van der Waals surface area contributed by atoms with E-state index >= 15 is 0 Å². The molecule has 1 aliphatic heterocycles. The van der Waals surface area contributed by atoms with Gasteiger partial charge in [-0.25, -0.2) is 21.9 Å². The highest BCUT2D eigenvalue weighted by molar-refractivity contribution is 7.89. The molecular formula is C31H38F4N4O5S. The zero-order valence-corrected chi connectivity index (χ0v) is 25.7. The molecule has 1 aromatic heterocycles. The number of primary amides is 1. The molecule has 14 heteroatoms. The summed E-state index contributed by atoms with van der Waals surface area (Å²) in [7, 11) is -3.21. The number of nitrogens with zero attached hydrogens (tertiary/aromatic N) is 1. The first-order valence-corrected chi connectivity index (χ1v) is 16.5. The van der Waals surface area contributed by atoms with Crippen molar-refractivity contribution < 1.29 is 40.7 Å². The zero-order chi connectivity index (χ0) is 32.9. The Balaban J connectivity index is 0.000000591. The minimum Gasteiger partial charge on any atom is -0.475 e. The normalized spacial score (nSPS) is 16.9. The van der Waals surface area contributed by atoms with Crippen molar-refractivity contribution in [2.24, 2.45) is 11.7 Å². The molecule has 1 saturated carbocycles. The maximum absolute atomic E-state index is 14.7. The van der Waals surface area contributed by atoms with Crippen LogP contribution >= 0.6 is 0 Å². The number of aromatic nitrogens is 1. The van der Waals surface area contributed by atoms with Crippen LogP contribution in [0, 0.1) is 11.7 Å². The summed E-state index contributed by atoms with van der Waals surface area (Å²) in [5.41, 5.74) is 10.1. The molecule has 5 N–H and O–H groups in total. The predicted octanol–water partition coefficient (Wildman–Crippen LogP) is 5.52. The van der Waals surface area contributed by atoms with E-state index in [1.807, 2.05) is 18.3 Å². The number of carboxylic acid groups (broad SMARTS) is 1. The highest BCUT2D eigenvalue weighted by atomic mass is 32.2. The highest BCUT2D eigenvalue weighted by Crippen LogP contribution is 2.37. The number of aliphatic carboxylic acids is 1. The maximum atomic E-state index is 14.7. The van der Waals surface area contributed by atoms with Crippen LogP contribution in [0.25, 0.3) is 22.0 Å². The number of aromatic amines is 1. The number of H-pyrrole nitrogens is 1. The Morgan fingerprint density at radius 2 is 1.67 bits per heavy atom. The van der Waals surface area contributed by atoms with Gasteiger partial charge in [-0.15, -0.1) is 0 Å². The number of carbonyl (C=O) groups is 2. The molecule has 0 spiro atoms. The summed E-state index contributed by atoms with van der Waals surface area (Å²) in [4.78, 5) is 24.5. The van der Waals surface area contributed by atoms with Crippen LogP contribution in [0.4, 0.5) is 17.6 Å². The lowest BCUT2D eigenvalue weighted by atomic mass is 9.88. The molecule has 2 heterocycles. The molecule has 0 bridgehead atoms. The van der Waals surface area contributed by atoms with Gasteiger partial charge in [-0.2, -0.15) is 13.2 Å². The first-order valence-electron chi connectivity index (χ1n) is 14.9. The topological polar surface area (TPSA) is 146 Å². The Morgan fingerprint density at radius 3 is 2.24 bits per heavy atom. The number of amides is 1. The van der Waals surface area contributed by atoms with E-state index in [-0.39, 0.29) is 17.5 Å². The van der Waals surface area contributed by atoms with E-state index in [2.05, 4.69) is 10.3 Å². The van der Waals surface area contributed by atoms with Crippen molar-refractivity contribution in [1.82, 2.24) is 14.6 Å². The minimum absolute atomic E-state index is 0.0990. The van der Waals surface area contributed by atoms with Crippen LogP contribution < -0.4 is 11.1 Å².